The van der Waals surface area contributed by atoms with E-state index in [1.807, 2.05) is 0 Å². The van der Waals surface area contributed by atoms with E-state index in [0.717, 1.165) is 5.92 Å². The number of hydrogen-bond acceptors (Lipinski definition) is 2. The molecule has 0 spiro atoms. The summed E-state index contributed by atoms with van der Waals surface area (Å²) in [6.45, 7) is 4.52. The van der Waals surface area contributed by atoms with Gasteiger partial charge < -0.3 is 0 Å². The Morgan fingerprint density at radius 2 is 2.18 bits per heavy atom. The molecule has 0 rings (SSSR count). The SMILES string of the molecule is CCCCC(CC)CSC=S. The first-order valence-electron chi connectivity index (χ1n) is 4.40. The lowest BCUT2D eigenvalue weighted by atomic mass is 10.0. The van der Waals surface area contributed by atoms with Crippen LogP contribution in [0.4, 0.5) is 0 Å². The highest BCUT2D eigenvalue weighted by Gasteiger charge is 2.03. The minimum atomic E-state index is 0.888. The summed E-state index contributed by atoms with van der Waals surface area (Å²) in [5.74, 6) is 2.11. The van der Waals surface area contributed by atoms with Crippen LogP contribution in [0.15, 0.2) is 0 Å². The predicted molar refractivity (Wildman–Crippen MR) is 59.4 cm³/mol. The number of unbranched alkanes of at least 4 members (excludes halogenated alkanes) is 1. The van der Waals surface area contributed by atoms with Crippen LogP contribution in [0.1, 0.15) is 39.5 Å². The molecule has 0 heterocycles. The molecular formula is C9H18S2. The Kier molecular flexibility index (Phi) is 8.88. The molecule has 0 aromatic carbocycles. The molecule has 0 aromatic heterocycles. The Bertz CT molecular complexity index is 91.6. The Morgan fingerprint density at radius 3 is 2.64 bits per heavy atom. The maximum Gasteiger partial charge on any atom is 0.0341 e. The van der Waals surface area contributed by atoms with Crippen LogP contribution in [0.3, 0.4) is 0 Å². The topological polar surface area (TPSA) is 0 Å². The molecule has 0 aliphatic rings. The van der Waals surface area contributed by atoms with Gasteiger partial charge in [0.05, 0.1) is 0 Å². The van der Waals surface area contributed by atoms with Crippen LogP contribution in [0.25, 0.3) is 0 Å². The summed E-state index contributed by atoms with van der Waals surface area (Å²) in [6, 6.07) is 0. The van der Waals surface area contributed by atoms with Crippen LogP contribution in [0.2, 0.25) is 0 Å². The van der Waals surface area contributed by atoms with Gasteiger partial charge in [-0.05, 0) is 12.3 Å². The van der Waals surface area contributed by atoms with Gasteiger partial charge in [-0.25, -0.2) is 0 Å². The van der Waals surface area contributed by atoms with Gasteiger partial charge in [0.2, 0.25) is 0 Å². The fourth-order valence-corrected chi connectivity index (χ4v) is 2.06. The fraction of sp³-hybridized carbons (Fsp3) is 0.889. The van der Waals surface area contributed by atoms with Gasteiger partial charge in [0.15, 0.2) is 0 Å². The van der Waals surface area contributed by atoms with Crippen LogP contribution in [0, 0.1) is 5.92 Å². The molecule has 0 fully saturated rings. The molecule has 0 aromatic rings. The zero-order valence-electron chi connectivity index (χ0n) is 7.51. The van der Waals surface area contributed by atoms with Gasteiger partial charge in [-0.3, -0.25) is 0 Å². The minimum Gasteiger partial charge on any atom is -0.122 e. The summed E-state index contributed by atoms with van der Waals surface area (Å²) < 4.78 is 1.79. The highest BCUT2D eigenvalue weighted by atomic mass is 32.2. The third kappa shape index (κ3) is 6.82. The highest BCUT2D eigenvalue weighted by Crippen LogP contribution is 2.16. The fourth-order valence-electron chi connectivity index (χ4n) is 1.07. The summed E-state index contributed by atoms with van der Waals surface area (Å²) in [5, 5.41) is 0. The molecule has 0 amide bonds. The molecule has 0 saturated carbocycles. The van der Waals surface area contributed by atoms with E-state index >= 15 is 0 Å². The van der Waals surface area contributed by atoms with Crippen molar-refractivity contribution >= 4 is 28.7 Å². The Hall–Kier alpha value is 0.440. The van der Waals surface area contributed by atoms with Crippen molar-refractivity contribution in [3.8, 4) is 0 Å². The van der Waals surface area contributed by atoms with Gasteiger partial charge in [0, 0.05) is 10.5 Å². The highest BCUT2D eigenvalue weighted by molar-refractivity contribution is 8.20. The van der Waals surface area contributed by atoms with Crippen molar-refractivity contribution in [2.45, 2.75) is 39.5 Å². The van der Waals surface area contributed by atoms with Crippen molar-refractivity contribution in [1.82, 2.24) is 0 Å². The Balaban J connectivity index is 3.32. The molecule has 0 N–H and O–H groups in total. The van der Waals surface area contributed by atoms with Gasteiger partial charge in [0.1, 0.15) is 0 Å². The molecule has 0 saturated heterocycles. The average molecular weight is 190 g/mol. The van der Waals surface area contributed by atoms with Gasteiger partial charge >= 0.3 is 0 Å². The third-order valence-corrected chi connectivity index (χ3v) is 3.15. The maximum absolute atomic E-state index is 4.77. The van der Waals surface area contributed by atoms with E-state index in [0.29, 0.717) is 0 Å². The maximum atomic E-state index is 4.77. The van der Waals surface area contributed by atoms with E-state index in [4.69, 9.17) is 12.2 Å². The predicted octanol–water partition coefficient (Wildman–Crippen LogP) is 3.89. The first kappa shape index (κ1) is 11.4. The molecule has 2 heteroatoms. The lowest BCUT2D eigenvalue weighted by Crippen LogP contribution is -2.01. The van der Waals surface area contributed by atoms with Crippen molar-refractivity contribution in [2.75, 3.05) is 5.75 Å². The van der Waals surface area contributed by atoms with Crippen LogP contribution in [-0.4, -0.2) is 10.5 Å². The summed E-state index contributed by atoms with van der Waals surface area (Å²) in [6.07, 6.45) is 5.37. The lowest BCUT2D eigenvalue weighted by molar-refractivity contribution is 0.500. The minimum absolute atomic E-state index is 0.888. The van der Waals surface area contributed by atoms with E-state index < -0.39 is 0 Å². The molecule has 0 radical (unpaired) electrons. The van der Waals surface area contributed by atoms with Crippen molar-refractivity contribution in [1.29, 1.82) is 0 Å². The second kappa shape index (κ2) is 8.54. The van der Waals surface area contributed by atoms with Crippen molar-refractivity contribution in [3.63, 3.8) is 0 Å². The summed E-state index contributed by atoms with van der Waals surface area (Å²) in [5.41, 5.74) is 0. The van der Waals surface area contributed by atoms with Crippen molar-refractivity contribution in [2.24, 2.45) is 5.92 Å². The number of thioether (sulfide) groups is 1. The molecule has 66 valence electrons. The molecular weight excluding hydrogens is 172 g/mol. The smallest absolute Gasteiger partial charge is 0.0341 e. The Labute approximate surface area is 80.1 Å². The van der Waals surface area contributed by atoms with Gasteiger partial charge in [-0.15, -0.1) is 11.8 Å². The quantitative estimate of drug-likeness (QED) is 0.559. The zero-order chi connectivity index (χ0) is 8.53. The molecule has 0 bridgehead atoms. The molecule has 0 nitrogen and oxygen atoms in total. The van der Waals surface area contributed by atoms with Crippen molar-refractivity contribution < 1.29 is 0 Å². The molecule has 0 aliphatic carbocycles. The zero-order valence-corrected chi connectivity index (χ0v) is 9.14. The van der Waals surface area contributed by atoms with E-state index in [-0.39, 0.29) is 0 Å². The first-order valence-corrected chi connectivity index (χ1v) is 5.92. The summed E-state index contributed by atoms with van der Waals surface area (Å²) in [7, 11) is 0. The second-order valence-corrected chi connectivity index (χ2v) is 4.28. The largest absolute Gasteiger partial charge is 0.122 e. The molecule has 0 aliphatic heterocycles. The van der Waals surface area contributed by atoms with Crippen LogP contribution >= 0.6 is 24.0 Å². The molecule has 1 atom stereocenters. The van der Waals surface area contributed by atoms with E-state index in [2.05, 4.69) is 13.8 Å². The van der Waals surface area contributed by atoms with Gasteiger partial charge in [-0.1, -0.05) is 45.3 Å². The van der Waals surface area contributed by atoms with E-state index in [1.165, 1.54) is 31.4 Å². The van der Waals surface area contributed by atoms with Crippen LogP contribution < -0.4 is 0 Å². The number of rotatable bonds is 7. The van der Waals surface area contributed by atoms with Gasteiger partial charge in [0.25, 0.3) is 0 Å². The average Bonchev–Trinajstić information content (AvgIpc) is 2.05. The molecule has 1 unspecified atom stereocenters. The number of thiocarbonyl (C=S) groups is 1. The normalized spacial score (nSPS) is 12.9. The monoisotopic (exact) mass is 190 g/mol. The third-order valence-electron chi connectivity index (χ3n) is 1.94. The van der Waals surface area contributed by atoms with Crippen LogP contribution in [-0.2, 0) is 0 Å². The number of hydrogen-bond donors (Lipinski definition) is 0. The van der Waals surface area contributed by atoms with E-state index in [1.54, 1.807) is 16.5 Å². The lowest BCUT2D eigenvalue weighted by Gasteiger charge is -2.11. The van der Waals surface area contributed by atoms with E-state index in [9.17, 15) is 0 Å². The standard InChI is InChI=1S/C9H18S2/c1-3-5-6-9(4-2)7-11-8-10/h8-9H,3-7H2,1-2H3. The summed E-state index contributed by atoms with van der Waals surface area (Å²) >= 11 is 6.55. The van der Waals surface area contributed by atoms with Gasteiger partial charge in [-0.2, -0.15) is 0 Å². The van der Waals surface area contributed by atoms with Crippen molar-refractivity contribution in [3.05, 3.63) is 0 Å². The molecule has 11 heavy (non-hydrogen) atoms. The summed E-state index contributed by atoms with van der Waals surface area (Å²) in [4.78, 5) is 0. The Morgan fingerprint density at radius 1 is 1.45 bits per heavy atom. The van der Waals surface area contributed by atoms with Crippen LogP contribution in [0.5, 0.6) is 0 Å². The second-order valence-electron chi connectivity index (χ2n) is 2.85. The first-order chi connectivity index (χ1) is 5.35.